The lowest BCUT2D eigenvalue weighted by atomic mass is 10.2. The Labute approximate surface area is 182 Å². The second-order valence-corrected chi connectivity index (χ2v) is 6.04. The van der Waals surface area contributed by atoms with Crippen molar-refractivity contribution in [3.05, 3.63) is 72.2 Å². The average molecular weight is 492 g/mol. The maximum Gasteiger partial charge on any atom is 0.193 e. The molecule has 1 aromatic carbocycles. The van der Waals surface area contributed by atoms with Crippen LogP contribution >= 0.6 is 24.0 Å². The third kappa shape index (κ3) is 5.44. The number of hydrogen-bond donors (Lipinski definition) is 1. The van der Waals surface area contributed by atoms with Crippen LogP contribution in [0.2, 0.25) is 0 Å². The Kier molecular flexibility index (Phi) is 8.24. The number of benzene rings is 1. The summed E-state index contributed by atoms with van der Waals surface area (Å²) >= 11 is 0. The summed E-state index contributed by atoms with van der Waals surface area (Å²) in [7, 11) is 5.47. The molecule has 0 atom stereocenters. The number of guanidine groups is 1. The predicted octanol–water partition coefficient (Wildman–Crippen LogP) is 3.10. The maximum absolute atomic E-state index is 5.44. The first-order valence-corrected chi connectivity index (χ1v) is 8.70. The van der Waals surface area contributed by atoms with E-state index in [1.54, 1.807) is 31.2 Å². The molecule has 0 aliphatic rings. The zero-order valence-corrected chi connectivity index (χ0v) is 18.6. The number of ether oxygens (including phenoxy) is 1. The Hall–Kier alpha value is -2.62. The number of aromatic nitrogens is 3. The van der Waals surface area contributed by atoms with Gasteiger partial charge in [-0.1, -0.05) is 18.2 Å². The second kappa shape index (κ2) is 10.6. The van der Waals surface area contributed by atoms with Crippen molar-refractivity contribution in [1.82, 2.24) is 25.0 Å². The molecular formula is C20H25IN6O. The molecule has 0 bridgehead atoms. The van der Waals surface area contributed by atoms with E-state index < -0.39 is 0 Å². The normalized spacial score (nSPS) is 10.9. The van der Waals surface area contributed by atoms with Gasteiger partial charge in [-0.05, 0) is 29.8 Å². The smallest absolute Gasteiger partial charge is 0.193 e. The van der Waals surface area contributed by atoms with Gasteiger partial charge in [-0.25, -0.2) is 9.67 Å². The molecule has 7 nitrogen and oxygen atoms in total. The van der Waals surface area contributed by atoms with Crippen LogP contribution in [0.25, 0.3) is 5.82 Å². The minimum Gasteiger partial charge on any atom is -0.496 e. The van der Waals surface area contributed by atoms with Gasteiger partial charge in [0.15, 0.2) is 11.8 Å². The first kappa shape index (κ1) is 21.7. The number of rotatable bonds is 6. The van der Waals surface area contributed by atoms with Crippen molar-refractivity contribution in [2.75, 3.05) is 21.2 Å². The van der Waals surface area contributed by atoms with E-state index in [-0.39, 0.29) is 24.0 Å². The monoisotopic (exact) mass is 492 g/mol. The fourth-order valence-electron chi connectivity index (χ4n) is 2.83. The van der Waals surface area contributed by atoms with Gasteiger partial charge >= 0.3 is 0 Å². The van der Waals surface area contributed by atoms with Gasteiger partial charge < -0.3 is 15.0 Å². The first-order valence-electron chi connectivity index (χ1n) is 8.70. The third-order valence-electron chi connectivity index (χ3n) is 4.17. The lowest BCUT2D eigenvalue weighted by Crippen LogP contribution is -2.38. The Bertz CT molecular complexity index is 897. The highest BCUT2D eigenvalue weighted by atomic mass is 127. The van der Waals surface area contributed by atoms with Gasteiger partial charge in [0, 0.05) is 51.3 Å². The molecule has 2 aromatic heterocycles. The van der Waals surface area contributed by atoms with Crippen LogP contribution in [0.5, 0.6) is 5.75 Å². The van der Waals surface area contributed by atoms with Crippen LogP contribution in [0.3, 0.4) is 0 Å². The summed E-state index contributed by atoms with van der Waals surface area (Å²) in [6, 6.07) is 13.9. The molecule has 0 unspecified atom stereocenters. The fourth-order valence-corrected chi connectivity index (χ4v) is 2.83. The summed E-state index contributed by atoms with van der Waals surface area (Å²) < 4.78 is 7.18. The van der Waals surface area contributed by atoms with Crippen LogP contribution in [0.15, 0.2) is 66.0 Å². The number of halogens is 1. The van der Waals surface area contributed by atoms with E-state index in [9.17, 15) is 0 Å². The first-order chi connectivity index (χ1) is 13.2. The minimum absolute atomic E-state index is 0. The van der Waals surface area contributed by atoms with E-state index in [1.807, 2.05) is 49.6 Å². The molecule has 1 N–H and O–H groups in total. The molecule has 2 heterocycles. The molecule has 0 spiro atoms. The average Bonchev–Trinajstić information content (AvgIpc) is 3.24. The summed E-state index contributed by atoms with van der Waals surface area (Å²) in [6.07, 6.45) is 5.40. The number of para-hydroxylation sites is 1. The molecule has 28 heavy (non-hydrogen) atoms. The van der Waals surface area contributed by atoms with E-state index in [4.69, 9.17) is 4.74 Å². The van der Waals surface area contributed by atoms with Crippen LogP contribution in [-0.2, 0) is 13.1 Å². The van der Waals surface area contributed by atoms with E-state index >= 15 is 0 Å². The fraction of sp³-hybridized carbons (Fsp3) is 0.250. The molecule has 3 aromatic rings. The molecule has 0 aliphatic heterocycles. The van der Waals surface area contributed by atoms with E-state index in [0.717, 1.165) is 28.7 Å². The van der Waals surface area contributed by atoms with Crippen molar-refractivity contribution < 1.29 is 4.74 Å². The highest BCUT2D eigenvalue weighted by Gasteiger charge is 2.10. The van der Waals surface area contributed by atoms with Crippen LogP contribution in [0.4, 0.5) is 0 Å². The van der Waals surface area contributed by atoms with Gasteiger partial charge in [0.25, 0.3) is 0 Å². The Morgan fingerprint density at radius 2 is 2.04 bits per heavy atom. The predicted molar refractivity (Wildman–Crippen MR) is 121 cm³/mol. The number of nitrogens with zero attached hydrogens (tertiary/aromatic N) is 5. The summed E-state index contributed by atoms with van der Waals surface area (Å²) in [5.41, 5.74) is 2.21. The van der Waals surface area contributed by atoms with E-state index in [0.29, 0.717) is 13.1 Å². The summed E-state index contributed by atoms with van der Waals surface area (Å²) in [5.74, 6) is 2.47. The zero-order valence-electron chi connectivity index (χ0n) is 16.2. The summed E-state index contributed by atoms with van der Waals surface area (Å²) in [6.45, 7) is 1.33. The maximum atomic E-state index is 5.44. The number of aliphatic imine (C=N–C) groups is 1. The number of pyridine rings is 1. The van der Waals surface area contributed by atoms with E-state index in [2.05, 4.69) is 31.4 Å². The Balaban J connectivity index is 0.00000280. The molecule has 3 rings (SSSR count). The van der Waals surface area contributed by atoms with Crippen LogP contribution < -0.4 is 10.1 Å². The Morgan fingerprint density at radius 1 is 1.21 bits per heavy atom. The minimum atomic E-state index is 0. The van der Waals surface area contributed by atoms with Gasteiger partial charge in [0.2, 0.25) is 0 Å². The van der Waals surface area contributed by atoms with Crippen molar-refractivity contribution in [2.45, 2.75) is 13.1 Å². The SMILES string of the molecule is CN=C(NCc1ccnc(-n2cccn2)c1)N(C)Cc1ccccc1OC.I. The summed E-state index contributed by atoms with van der Waals surface area (Å²) in [4.78, 5) is 10.8. The lowest BCUT2D eigenvalue weighted by Gasteiger charge is -2.23. The molecule has 0 radical (unpaired) electrons. The number of nitrogens with one attached hydrogen (secondary N) is 1. The molecule has 0 fully saturated rings. The molecule has 0 amide bonds. The second-order valence-electron chi connectivity index (χ2n) is 6.04. The van der Waals surface area contributed by atoms with Crippen LogP contribution in [-0.4, -0.2) is 46.8 Å². The van der Waals surface area contributed by atoms with Gasteiger partial charge in [0.05, 0.1) is 7.11 Å². The van der Waals surface area contributed by atoms with Crippen LogP contribution in [0, 0.1) is 0 Å². The summed E-state index contributed by atoms with van der Waals surface area (Å²) in [5, 5.41) is 7.61. The molecule has 0 saturated heterocycles. The highest BCUT2D eigenvalue weighted by molar-refractivity contribution is 14.0. The van der Waals surface area contributed by atoms with Gasteiger partial charge in [-0.3, -0.25) is 4.99 Å². The van der Waals surface area contributed by atoms with Crippen molar-refractivity contribution in [3.8, 4) is 11.6 Å². The van der Waals surface area contributed by atoms with Crippen molar-refractivity contribution >= 4 is 29.9 Å². The van der Waals surface area contributed by atoms with Gasteiger partial charge in [0.1, 0.15) is 5.75 Å². The highest BCUT2D eigenvalue weighted by Crippen LogP contribution is 2.18. The lowest BCUT2D eigenvalue weighted by molar-refractivity contribution is 0.396. The van der Waals surface area contributed by atoms with Crippen molar-refractivity contribution in [1.29, 1.82) is 0 Å². The Morgan fingerprint density at radius 3 is 2.75 bits per heavy atom. The third-order valence-corrected chi connectivity index (χ3v) is 4.17. The van der Waals surface area contributed by atoms with E-state index in [1.165, 1.54) is 0 Å². The molecular weight excluding hydrogens is 467 g/mol. The standard InChI is InChI=1S/C20H24N6O.HI/c1-21-20(25(2)15-17-7-4-5-8-18(17)27-3)23-14-16-9-11-22-19(13-16)26-12-6-10-24-26;/h4-13H,14-15H2,1-3H3,(H,21,23);1H. The quantitative estimate of drug-likeness (QED) is 0.326. The topological polar surface area (TPSA) is 67.6 Å². The molecule has 148 valence electrons. The van der Waals surface area contributed by atoms with Crippen molar-refractivity contribution in [3.63, 3.8) is 0 Å². The van der Waals surface area contributed by atoms with Crippen molar-refractivity contribution in [2.24, 2.45) is 4.99 Å². The number of methoxy groups -OCH3 is 1. The largest absolute Gasteiger partial charge is 0.496 e. The number of hydrogen-bond acceptors (Lipinski definition) is 4. The van der Waals surface area contributed by atoms with Gasteiger partial charge in [-0.15, -0.1) is 24.0 Å². The molecule has 0 aliphatic carbocycles. The zero-order chi connectivity index (χ0) is 19.1. The van der Waals surface area contributed by atoms with Crippen LogP contribution in [0.1, 0.15) is 11.1 Å². The molecule has 0 saturated carbocycles. The molecule has 8 heteroatoms. The van der Waals surface area contributed by atoms with Gasteiger partial charge in [-0.2, -0.15) is 5.10 Å².